The molecule has 0 bridgehead atoms. The highest BCUT2D eigenvalue weighted by Gasteiger charge is 2.32. The maximum Gasteiger partial charge on any atom is 0.255 e. The summed E-state index contributed by atoms with van der Waals surface area (Å²) in [7, 11) is -1.94. The lowest BCUT2D eigenvalue weighted by Crippen LogP contribution is -2.37. The van der Waals surface area contributed by atoms with E-state index in [2.05, 4.69) is 23.9 Å². The van der Waals surface area contributed by atoms with Crippen molar-refractivity contribution in [3.63, 3.8) is 0 Å². The Balaban J connectivity index is 1.69. The van der Waals surface area contributed by atoms with Crippen LogP contribution in [0.2, 0.25) is 0 Å². The number of carbonyl (C=O) groups is 1. The van der Waals surface area contributed by atoms with Crippen molar-refractivity contribution < 1.29 is 17.9 Å². The Labute approximate surface area is 184 Å². The van der Waals surface area contributed by atoms with E-state index in [-0.39, 0.29) is 17.3 Å². The molecule has 31 heavy (non-hydrogen) atoms. The van der Waals surface area contributed by atoms with Gasteiger partial charge in [-0.2, -0.15) is 9.40 Å². The van der Waals surface area contributed by atoms with Gasteiger partial charge in [0, 0.05) is 45.5 Å². The molecule has 1 fully saturated rings. The Morgan fingerprint density at radius 2 is 1.90 bits per heavy atom. The standard InChI is InChI=1S/C21H31N5O4S/c1-15(2)14-30-19-8-7-18(13-22-19)21(27)25-9-6-10-26(12-11-25)31(28,29)20-16(3)23-24(5)17(20)4/h7-8,13,15H,6,9-12,14H2,1-5H3. The van der Waals surface area contributed by atoms with Crippen LogP contribution in [-0.4, -0.2) is 71.1 Å². The van der Waals surface area contributed by atoms with Crippen LogP contribution >= 0.6 is 0 Å². The summed E-state index contributed by atoms with van der Waals surface area (Å²) >= 11 is 0. The summed E-state index contributed by atoms with van der Waals surface area (Å²) in [4.78, 5) is 19.1. The number of rotatable bonds is 6. The lowest BCUT2D eigenvalue weighted by Gasteiger charge is -2.22. The fraction of sp³-hybridized carbons (Fsp3) is 0.571. The van der Waals surface area contributed by atoms with Gasteiger partial charge in [-0.25, -0.2) is 13.4 Å². The molecule has 3 heterocycles. The minimum absolute atomic E-state index is 0.157. The largest absolute Gasteiger partial charge is 0.477 e. The number of amides is 1. The number of hydrogen-bond donors (Lipinski definition) is 0. The third kappa shape index (κ3) is 5.07. The summed E-state index contributed by atoms with van der Waals surface area (Å²) in [6.07, 6.45) is 2.08. The second-order valence-corrected chi connectivity index (χ2v) is 10.1. The van der Waals surface area contributed by atoms with Crippen molar-refractivity contribution in [3.8, 4) is 5.88 Å². The molecule has 0 radical (unpaired) electrons. The van der Waals surface area contributed by atoms with E-state index in [1.807, 2.05) is 0 Å². The van der Waals surface area contributed by atoms with Crippen LogP contribution in [0.3, 0.4) is 0 Å². The minimum Gasteiger partial charge on any atom is -0.477 e. The van der Waals surface area contributed by atoms with Crippen molar-refractivity contribution in [3.05, 3.63) is 35.3 Å². The minimum atomic E-state index is -3.68. The summed E-state index contributed by atoms with van der Waals surface area (Å²) in [6.45, 7) is 9.54. The fourth-order valence-electron chi connectivity index (χ4n) is 3.62. The molecule has 0 aromatic carbocycles. The number of sulfonamides is 1. The van der Waals surface area contributed by atoms with E-state index in [0.717, 1.165) is 0 Å². The van der Waals surface area contributed by atoms with Crippen LogP contribution < -0.4 is 4.74 Å². The molecule has 0 saturated carbocycles. The molecule has 10 heteroatoms. The van der Waals surface area contributed by atoms with Crippen molar-refractivity contribution in [2.24, 2.45) is 13.0 Å². The predicted molar refractivity (Wildman–Crippen MR) is 117 cm³/mol. The zero-order chi connectivity index (χ0) is 22.8. The molecule has 0 unspecified atom stereocenters. The van der Waals surface area contributed by atoms with Gasteiger partial charge in [0.05, 0.1) is 23.6 Å². The van der Waals surface area contributed by atoms with Crippen molar-refractivity contribution in [2.75, 3.05) is 32.8 Å². The Morgan fingerprint density at radius 1 is 1.16 bits per heavy atom. The highest BCUT2D eigenvalue weighted by atomic mass is 32.2. The molecule has 3 rings (SSSR count). The molecule has 2 aromatic heterocycles. The lowest BCUT2D eigenvalue weighted by atomic mass is 10.2. The number of pyridine rings is 1. The Bertz CT molecular complexity index is 1030. The molecule has 0 atom stereocenters. The van der Waals surface area contributed by atoms with Crippen molar-refractivity contribution >= 4 is 15.9 Å². The quantitative estimate of drug-likeness (QED) is 0.669. The smallest absolute Gasteiger partial charge is 0.255 e. The van der Waals surface area contributed by atoms with Crippen LogP contribution in [0.5, 0.6) is 5.88 Å². The summed E-state index contributed by atoms with van der Waals surface area (Å²) in [5.41, 5.74) is 1.57. The van der Waals surface area contributed by atoms with Crippen LogP contribution in [0.15, 0.2) is 23.2 Å². The van der Waals surface area contributed by atoms with E-state index in [0.29, 0.717) is 61.4 Å². The molecular weight excluding hydrogens is 418 g/mol. The Kier molecular flexibility index (Phi) is 7.00. The summed E-state index contributed by atoms with van der Waals surface area (Å²) in [6, 6.07) is 3.39. The molecule has 9 nitrogen and oxygen atoms in total. The first kappa shape index (κ1) is 23.2. The number of aromatic nitrogens is 3. The van der Waals surface area contributed by atoms with Crippen LogP contribution in [0.4, 0.5) is 0 Å². The Morgan fingerprint density at radius 3 is 2.48 bits per heavy atom. The molecule has 0 aliphatic carbocycles. The van der Waals surface area contributed by atoms with Crippen molar-refractivity contribution in [2.45, 2.75) is 39.0 Å². The van der Waals surface area contributed by atoms with Crippen LogP contribution in [0, 0.1) is 19.8 Å². The maximum absolute atomic E-state index is 13.2. The highest BCUT2D eigenvalue weighted by Crippen LogP contribution is 2.24. The van der Waals surface area contributed by atoms with E-state index < -0.39 is 10.0 Å². The van der Waals surface area contributed by atoms with Gasteiger partial charge in [-0.05, 0) is 32.3 Å². The van der Waals surface area contributed by atoms with E-state index in [1.165, 1.54) is 10.5 Å². The van der Waals surface area contributed by atoms with Crippen LogP contribution in [-0.2, 0) is 17.1 Å². The normalized spacial score (nSPS) is 15.9. The number of aryl methyl sites for hydroxylation is 2. The predicted octanol–water partition coefficient (Wildman–Crippen LogP) is 2.00. The second kappa shape index (κ2) is 9.35. The van der Waals surface area contributed by atoms with Gasteiger partial charge in [0.25, 0.3) is 5.91 Å². The fourth-order valence-corrected chi connectivity index (χ4v) is 5.49. The topological polar surface area (TPSA) is 97.6 Å². The zero-order valence-electron chi connectivity index (χ0n) is 18.8. The monoisotopic (exact) mass is 449 g/mol. The van der Waals surface area contributed by atoms with E-state index in [1.54, 1.807) is 42.6 Å². The van der Waals surface area contributed by atoms with Gasteiger partial charge in [0.15, 0.2) is 0 Å². The SMILES string of the molecule is Cc1nn(C)c(C)c1S(=O)(=O)N1CCCN(C(=O)c2ccc(OCC(C)C)nc2)CC1. The molecule has 0 N–H and O–H groups in total. The first-order valence-corrected chi connectivity index (χ1v) is 11.9. The number of ether oxygens (including phenoxy) is 1. The van der Waals surface area contributed by atoms with Gasteiger partial charge < -0.3 is 9.64 Å². The molecule has 1 amide bonds. The third-order valence-corrected chi connectivity index (χ3v) is 7.48. The molecule has 0 spiro atoms. The van der Waals surface area contributed by atoms with Gasteiger partial charge >= 0.3 is 0 Å². The maximum atomic E-state index is 13.2. The van der Waals surface area contributed by atoms with Crippen LogP contribution in [0.1, 0.15) is 42.0 Å². The first-order chi connectivity index (χ1) is 14.6. The zero-order valence-corrected chi connectivity index (χ0v) is 19.6. The molecule has 1 aliphatic heterocycles. The number of carbonyl (C=O) groups excluding carboxylic acids is 1. The van der Waals surface area contributed by atoms with Crippen molar-refractivity contribution in [1.29, 1.82) is 0 Å². The van der Waals surface area contributed by atoms with Gasteiger partial charge in [0.1, 0.15) is 4.90 Å². The van der Waals surface area contributed by atoms with Gasteiger partial charge in [0.2, 0.25) is 15.9 Å². The second-order valence-electron chi connectivity index (χ2n) is 8.26. The summed E-state index contributed by atoms with van der Waals surface area (Å²) in [5.74, 6) is 0.718. The number of nitrogens with zero attached hydrogens (tertiary/aromatic N) is 5. The van der Waals surface area contributed by atoms with Gasteiger partial charge in [-0.1, -0.05) is 13.8 Å². The first-order valence-electron chi connectivity index (χ1n) is 10.5. The lowest BCUT2D eigenvalue weighted by molar-refractivity contribution is 0.0763. The average molecular weight is 450 g/mol. The third-order valence-electron chi connectivity index (χ3n) is 5.33. The molecule has 1 aliphatic rings. The van der Waals surface area contributed by atoms with Crippen LogP contribution in [0.25, 0.3) is 0 Å². The molecule has 2 aromatic rings. The molecular formula is C21H31N5O4S. The summed E-state index contributed by atoms with van der Waals surface area (Å²) < 4.78 is 35.1. The highest BCUT2D eigenvalue weighted by molar-refractivity contribution is 7.89. The van der Waals surface area contributed by atoms with E-state index >= 15 is 0 Å². The Hall–Kier alpha value is -2.46. The van der Waals surface area contributed by atoms with E-state index in [4.69, 9.17) is 4.74 Å². The van der Waals surface area contributed by atoms with Gasteiger partial charge in [-0.3, -0.25) is 9.48 Å². The molecule has 170 valence electrons. The summed E-state index contributed by atoms with van der Waals surface area (Å²) in [5, 5.41) is 4.24. The van der Waals surface area contributed by atoms with E-state index in [9.17, 15) is 13.2 Å². The number of hydrogen-bond acceptors (Lipinski definition) is 6. The molecule has 1 saturated heterocycles. The van der Waals surface area contributed by atoms with Crippen molar-refractivity contribution in [1.82, 2.24) is 24.0 Å². The average Bonchev–Trinajstić information content (AvgIpc) is 2.90. The van der Waals surface area contributed by atoms with Gasteiger partial charge in [-0.15, -0.1) is 0 Å².